The van der Waals surface area contributed by atoms with Crippen LogP contribution >= 0.6 is 11.6 Å². The third-order valence-electron chi connectivity index (χ3n) is 3.30. The summed E-state index contributed by atoms with van der Waals surface area (Å²) >= 11 is 5.69. The molecule has 4 heteroatoms. The van der Waals surface area contributed by atoms with E-state index >= 15 is 0 Å². The van der Waals surface area contributed by atoms with Gasteiger partial charge in [-0.1, -0.05) is 23.7 Å². The second kappa shape index (κ2) is 6.20. The molecule has 1 aromatic carbocycles. The van der Waals surface area contributed by atoms with Crippen molar-refractivity contribution in [1.82, 2.24) is 0 Å². The fraction of sp³-hybridized carbons (Fsp3) is 0.400. The van der Waals surface area contributed by atoms with E-state index in [4.69, 9.17) is 16.3 Å². The lowest BCUT2D eigenvalue weighted by Crippen LogP contribution is -2.16. The number of rotatable bonds is 3. The van der Waals surface area contributed by atoms with Crippen molar-refractivity contribution in [2.45, 2.75) is 26.2 Å². The highest BCUT2D eigenvalue weighted by atomic mass is 35.5. The Bertz CT molecular complexity index is 511. The molecule has 0 spiro atoms. The van der Waals surface area contributed by atoms with E-state index in [0.29, 0.717) is 6.61 Å². The lowest BCUT2D eigenvalue weighted by molar-refractivity contribution is -0.141. The number of esters is 1. The summed E-state index contributed by atoms with van der Waals surface area (Å²) in [5, 5.41) is 0.122. The van der Waals surface area contributed by atoms with Crippen LogP contribution < -0.4 is 0 Å². The molecule has 0 unspecified atom stereocenters. The van der Waals surface area contributed by atoms with Gasteiger partial charge in [-0.05, 0) is 42.5 Å². The number of hydrogen-bond acceptors (Lipinski definition) is 2. The summed E-state index contributed by atoms with van der Waals surface area (Å²) < 4.78 is 18.6. The van der Waals surface area contributed by atoms with Gasteiger partial charge in [-0.15, -0.1) is 0 Å². The summed E-state index contributed by atoms with van der Waals surface area (Å²) in [4.78, 5) is 10.9. The zero-order valence-electron chi connectivity index (χ0n) is 10.8. The van der Waals surface area contributed by atoms with Gasteiger partial charge >= 0.3 is 5.97 Å². The predicted octanol–water partition coefficient (Wildman–Crippen LogP) is 4.23. The molecule has 102 valence electrons. The van der Waals surface area contributed by atoms with Crippen molar-refractivity contribution >= 4 is 23.1 Å². The fourth-order valence-corrected chi connectivity index (χ4v) is 2.48. The average Bonchev–Trinajstić information content (AvgIpc) is 2.40. The number of carbonyl (C=O) groups is 1. The minimum Gasteiger partial charge on any atom is -0.465 e. The van der Waals surface area contributed by atoms with Crippen LogP contribution in [0.1, 0.15) is 31.7 Å². The van der Waals surface area contributed by atoms with Gasteiger partial charge in [-0.2, -0.15) is 0 Å². The zero-order chi connectivity index (χ0) is 13.8. The molecule has 0 N–H and O–H groups in total. The maximum absolute atomic E-state index is 13.5. The molecular formula is C15H16ClFO2. The lowest BCUT2D eigenvalue weighted by atomic mass is 9.84. The third-order valence-corrected chi connectivity index (χ3v) is 3.61. The minimum atomic E-state index is -0.420. The van der Waals surface area contributed by atoms with Gasteiger partial charge in [0.1, 0.15) is 5.82 Å². The molecule has 2 rings (SSSR count). The highest BCUT2D eigenvalue weighted by Crippen LogP contribution is 2.34. The number of ether oxygens (including phenoxy) is 1. The van der Waals surface area contributed by atoms with E-state index in [2.05, 4.69) is 6.08 Å². The van der Waals surface area contributed by atoms with Crippen LogP contribution in [0.5, 0.6) is 0 Å². The summed E-state index contributed by atoms with van der Waals surface area (Å²) in [6.45, 7) is 1.75. The molecule has 0 fully saturated rings. The van der Waals surface area contributed by atoms with Crippen molar-refractivity contribution in [3.05, 3.63) is 40.7 Å². The Morgan fingerprint density at radius 3 is 3.00 bits per heavy atom. The van der Waals surface area contributed by atoms with E-state index in [9.17, 15) is 9.18 Å². The van der Waals surface area contributed by atoms with E-state index in [1.807, 2.05) is 6.07 Å². The average molecular weight is 283 g/mol. The molecular weight excluding hydrogens is 267 g/mol. The Balaban J connectivity index is 2.21. The number of halogens is 2. The summed E-state index contributed by atoms with van der Waals surface area (Å²) in [5.41, 5.74) is 1.86. The van der Waals surface area contributed by atoms with Crippen LogP contribution in [-0.2, 0) is 9.53 Å². The van der Waals surface area contributed by atoms with Gasteiger partial charge in [0.15, 0.2) is 0 Å². The topological polar surface area (TPSA) is 26.3 Å². The van der Waals surface area contributed by atoms with Gasteiger partial charge in [0.05, 0.1) is 11.6 Å². The van der Waals surface area contributed by atoms with Crippen LogP contribution in [0.15, 0.2) is 24.3 Å². The van der Waals surface area contributed by atoms with Gasteiger partial charge < -0.3 is 4.74 Å². The maximum Gasteiger partial charge on any atom is 0.302 e. The SMILES string of the molecule is CC(=O)OC[C@H]1CCCC=C1c1ccc(Cl)c(F)c1. The highest BCUT2D eigenvalue weighted by Gasteiger charge is 2.21. The first-order chi connectivity index (χ1) is 9.08. The number of benzene rings is 1. The quantitative estimate of drug-likeness (QED) is 0.776. The first-order valence-corrected chi connectivity index (χ1v) is 6.74. The number of allylic oxidation sites excluding steroid dienone is 1. The molecule has 0 heterocycles. The van der Waals surface area contributed by atoms with Gasteiger partial charge in [-0.3, -0.25) is 4.79 Å². The molecule has 0 aliphatic heterocycles. The smallest absolute Gasteiger partial charge is 0.302 e. The second-order valence-electron chi connectivity index (χ2n) is 4.72. The molecule has 0 aromatic heterocycles. The van der Waals surface area contributed by atoms with Crippen LogP contribution in [-0.4, -0.2) is 12.6 Å². The number of hydrogen-bond donors (Lipinski definition) is 0. The minimum absolute atomic E-state index is 0.122. The Hall–Kier alpha value is -1.35. The first-order valence-electron chi connectivity index (χ1n) is 6.37. The van der Waals surface area contributed by atoms with Crippen LogP contribution in [0.25, 0.3) is 5.57 Å². The van der Waals surface area contributed by atoms with Crippen molar-refractivity contribution in [3.8, 4) is 0 Å². The maximum atomic E-state index is 13.5. The van der Waals surface area contributed by atoms with Crippen LogP contribution in [0.3, 0.4) is 0 Å². The van der Waals surface area contributed by atoms with E-state index in [1.54, 1.807) is 6.07 Å². The van der Waals surface area contributed by atoms with Crippen molar-refractivity contribution in [2.24, 2.45) is 5.92 Å². The molecule has 1 aliphatic carbocycles. The Labute approximate surface area is 117 Å². The van der Waals surface area contributed by atoms with Gasteiger partial charge in [-0.25, -0.2) is 4.39 Å². The van der Waals surface area contributed by atoms with Gasteiger partial charge in [0, 0.05) is 12.8 Å². The molecule has 0 bridgehead atoms. The van der Waals surface area contributed by atoms with Gasteiger partial charge in [0.2, 0.25) is 0 Å². The molecule has 1 atom stereocenters. The van der Waals surface area contributed by atoms with E-state index in [1.165, 1.54) is 13.0 Å². The van der Waals surface area contributed by atoms with Crippen molar-refractivity contribution in [3.63, 3.8) is 0 Å². The Morgan fingerprint density at radius 2 is 2.32 bits per heavy atom. The van der Waals surface area contributed by atoms with Crippen molar-refractivity contribution < 1.29 is 13.9 Å². The first kappa shape index (κ1) is 14.1. The largest absolute Gasteiger partial charge is 0.465 e. The second-order valence-corrected chi connectivity index (χ2v) is 5.13. The highest BCUT2D eigenvalue weighted by molar-refractivity contribution is 6.30. The summed E-state index contributed by atoms with van der Waals surface area (Å²) in [7, 11) is 0. The lowest BCUT2D eigenvalue weighted by Gasteiger charge is -2.24. The molecule has 0 amide bonds. The van der Waals surface area contributed by atoms with E-state index < -0.39 is 5.82 Å². The van der Waals surface area contributed by atoms with E-state index in [-0.39, 0.29) is 16.9 Å². The molecule has 19 heavy (non-hydrogen) atoms. The van der Waals surface area contributed by atoms with Crippen molar-refractivity contribution in [2.75, 3.05) is 6.61 Å². The van der Waals surface area contributed by atoms with Crippen LogP contribution in [0, 0.1) is 11.7 Å². The molecule has 2 nitrogen and oxygen atoms in total. The molecule has 0 radical (unpaired) electrons. The monoisotopic (exact) mass is 282 g/mol. The number of carbonyl (C=O) groups excluding carboxylic acids is 1. The Kier molecular flexibility index (Phi) is 4.59. The van der Waals surface area contributed by atoms with Crippen LogP contribution in [0.2, 0.25) is 5.02 Å². The summed E-state index contributed by atoms with van der Waals surface area (Å²) in [6, 6.07) is 4.81. The van der Waals surface area contributed by atoms with E-state index in [0.717, 1.165) is 30.4 Å². The van der Waals surface area contributed by atoms with Gasteiger partial charge in [0.25, 0.3) is 0 Å². The van der Waals surface area contributed by atoms with Crippen LogP contribution in [0.4, 0.5) is 4.39 Å². The van der Waals surface area contributed by atoms with Crippen molar-refractivity contribution in [1.29, 1.82) is 0 Å². The molecule has 0 saturated carbocycles. The third kappa shape index (κ3) is 3.57. The summed E-state index contributed by atoms with van der Waals surface area (Å²) in [5.74, 6) is -0.567. The summed E-state index contributed by atoms with van der Waals surface area (Å²) in [6.07, 6.45) is 5.07. The zero-order valence-corrected chi connectivity index (χ0v) is 11.5. The molecule has 0 saturated heterocycles. The normalized spacial score (nSPS) is 18.9. The Morgan fingerprint density at radius 1 is 1.53 bits per heavy atom. The standard InChI is InChI=1S/C15H16ClFO2/c1-10(18)19-9-12-4-2-3-5-13(12)11-6-7-14(16)15(17)8-11/h5-8,12H,2-4,9H2,1H3/t12-/m1/s1. The molecule has 1 aromatic rings. The fourth-order valence-electron chi connectivity index (χ4n) is 2.36. The predicted molar refractivity (Wildman–Crippen MR) is 73.4 cm³/mol. The molecule has 1 aliphatic rings.